The average molecular weight is 316 g/mol. The molecule has 0 spiro atoms. The lowest BCUT2D eigenvalue weighted by atomic mass is 9.89. The number of likely N-dealkylation sites (tertiary alicyclic amines) is 1. The van der Waals surface area contributed by atoms with Gasteiger partial charge in [-0.3, -0.25) is 4.90 Å². The van der Waals surface area contributed by atoms with Crippen molar-refractivity contribution in [3.05, 3.63) is 48.0 Å². The molecule has 4 heteroatoms. The molecule has 0 aliphatic carbocycles. The van der Waals surface area contributed by atoms with Crippen LogP contribution >= 0.6 is 0 Å². The van der Waals surface area contributed by atoms with Crippen molar-refractivity contribution in [2.45, 2.75) is 45.9 Å². The minimum absolute atomic E-state index is 0.0230. The quantitative estimate of drug-likeness (QED) is 0.867. The molecule has 126 valence electrons. The van der Waals surface area contributed by atoms with Crippen molar-refractivity contribution in [3.8, 4) is 0 Å². The van der Waals surface area contributed by atoms with Crippen LogP contribution in [0.15, 0.2) is 42.5 Å². The molecule has 0 saturated carbocycles. The third-order valence-electron chi connectivity index (χ3n) is 4.08. The lowest BCUT2D eigenvalue weighted by Crippen LogP contribution is -2.53. The van der Waals surface area contributed by atoms with Gasteiger partial charge in [0.2, 0.25) is 0 Å². The Bertz CT molecular complexity index is 548. The van der Waals surface area contributed by atoms with E-state index in [2.05, 4.69) is 35.9 Å². The molecule has 1 aliphatic rings. The Morgan fingerprint density at radius 2 is 2.00 bits per heavy atom. The van der Waals surface area contributed by atoms with Crippen LogP contribution in [0.2, 0.25) is 0 Å². The number of piperidine rings is 1. The summed E-state index contributed by atoms with van der Waals surface area (Å²) in [5, 5.41) is 3.01. The summed E-state index contributed by atoms with van der Waals surface area (Å²) in [5.41, 5.74) is 1.93. The van der Waals surface area contributed by atoms with Crippen LogP contribution in [0.25, 0.3) is 0 Å². The lowest BCUT2D eigenvalue weighted by Gasteiger charge is -2.39. The number of benzene rings is 1. The van der Waals surface area contributed by atoms with E-state index in [0.717, 1.165) is 25.2 Å². The van der Waals surface area contributed by atoms with Crippen LogP contribution in [0.5, 0.6) is 0 Å². The van der Waals surface area contributed by atoms with E-state index in [-0.39, 0.29) is 18.1 Å². The molecule has 1 aromatic rings. The van der Waals surface area contributed by atoms with Crippen LogP contribution in [0.3, 0.4) is 0 Å². The van der Waals surface area contributed by atoms with Crippen LogP contribution in [-0.2, 0) is 11.3 Å². The molecule has 1 N–H and O–H groups in total. The number of ether oxygens (including phenoxy) is 1. The SMILES string of the molecule is C=C1CN(Cc2ccccc2)CC(NC(=O)OC(C)(C)C)C1C. The molecule has 1 heterocycles. The van der Waals surface area contributed by atoms with E-state index in [9.17, 15) is 4.79 Å². The molecule has 1 aliphatic heterocycles. The molecule has 0 bridgehead atoms. The van der Waals surface area contributed by atoms with Gasteiger partial charge in [0.15, 0.2) is 0 Å². The minimum Gasteiger partial charge on any atom is -0.444 e. The van der Waals surface area contributed by atoms with Crippen molar-refractivity contribution in [2.24, 2.45) is 5.92 Å². The molecule has 1 fully saturated rings. The van der Waals surface area contributed by atoms with Crippen molar-refractivity contribution in [1.29, 1.82) is 0 Å². The fourth-order valence-electron chi connectivity index (χ4n) is 2.81. The van der Waals surface area contributed by atoms with Crippen molar-refractivity contribution in [1.82, 2.24) is 10.2 Å². The van der Waals surface area contributed by atoms with Gasteiger partial charge in [0, 0.05) is 19.6 Å². The Hall–Kier alpha value is -1.81. The highest BCUT2D eigenvalue weighted by Gasteiger charge is 2.31. The maximum atomic E-state index is 12.1. The molecule has 4 nitrogen and oxygen atoms in total. The number of carbonyl (C=O) groups excluding carboxylic acids is 1. The second-order valence-corrected chi connectivity index (χ2v) is 7.35. The van der Waals surface area contributed by atoms with Gasteiger partial charge in [0.1, 0.15) is 5.60 Å². The maximum absolute atomic E-state index is 12.1. The topological polar surface area (TPSA) is 41.6 Å². The molecule has 0 aromatic heterocycles. The van der Waals surface area contributed by atoms with E-state index < -0.39 is 5.60 Å². The number of amides is 1. The van der Waals surface area contributed by atoms with Gasteiger partial charge in [-0.25, -0.2) is 4.79 Å². The van der Waals surface area contributed by atoms with Crippen LogP contribution in [-0.4, -0.2) is 35.7 Å². The van der Waals surface area contributed by atoms with Gasteiger partial charge in [-0.1, -0.05) is 49.4 Å². The summed E-state index contributed by atoms with van der Waals surface area (Å²) in [6.45, 7) is 14.4. The molecule has 2 atom stereocenters. The molecule has 1 saturated heterocycles. The van der Waals surface area contributed by atoms with Crippen LogP contribution < -0.4 is 5.32 Å². The molecular weight excluding hydrogens is 288 g/mol. The molecular formula is C19H28N2O2. The van der Waals surface area contributed by atoms with Gasteiger partial charge in [-0.15, -0.1) is 0 Å². The summed E-state index contributed by atoms with van der Waals surface area (Å²) in [7, 11) is 0. The monoisotopic (exact) mass is 316 g/mol. The highest BCUT2D eigenvalue weighted by atomic mass is 16.6. The second-order valence-electron chi connectivity index (χ2n) is 7.35. The van der Waals surface area contributed by atoms with Gasteiger partial charge in [0.25, 0.3) is 0 Å². The van der Waals surface area contributed by atoms with Crippen molar-refractivity contribution >= 4 is 6.09 Å². The summed E-state index contributed by atoms with van der Waals surface area (Å²) >= 11 is 0. The van der Waals surface area contributed by atoms with E-state index in [1.807, 2.05) is 39.0 Å². The molecule has 23 heavy (non-hydrogen) atoms. The van der Waals surface area contributed by atoms with E-state index >= 15 is 0 Å². The Morgan fingerprint density at radius 3 is 2.61 bits per heavy atom. The van der Waals surface area contributed by atoms with Crippen molar-refractivity contribution in [2.75, 3.05) is 13.1 Å². The number of nitrogens with one attached hydrogen (secondary N) is 1. The predicted octanol–water partition coefficient (Wildman–Crippen LogP) is 3.59. The predicted molar refractivity (Wildman–Crippen MR) is 93.2 cm³/mol. The van der Waals surface area contributed by atoms with Gasteiger partial charge in [0.05, 0.1) is 6.04 Å². The first kappa shape index (κ1) is 17.5. The maximum Gasteiger partial charge on any atom is 0.407 e. The first-order chi connectivity index (χ1) is 10.7. The molecule has 1 amide bonds. The number of carbonyl (C=O) groups is 1. The lowest BCUT2D eigenvalue weighted by molar-refractivity contribution is 0.0461. The summed E-state index contributed by atoms with van der Waals surface area (Å²) in [4.78, 5) is 14.4. The summed E-state index contributed by atoms with van der Waals surface area (Å²) in [6.07, 6.45) is -0.358. The zero-order valence-electron chi connectivity index (χ0n) is 14.6. The Morgan fingerprint density at radius 1 is 1.35 bits per heavy atom. The smallest absolute Gasteiger partial charge is 0.407 e. The van der Waals surface area contributed by atoms with Gasteiger partial charge < -0.3 is 10.1 Å². The average Bonchev–Trinajstić information content (AvgIpc) is 2.43. The number of rotatable bonds is 3. The molecule has 2 rings (SSSR count). The first-order valence-electron chi connectivity index (χ1n) is 8.18. The number of hydrogen-bond acceptors (Lipinski definition) is 3. The largest absolute Gasteiger partial charge is 0.444 e. The van der Waals surface area contributed by atoms with Gasteiger partial charge in [-0.05, 0) is 32.3 Å². The third-order valence-corrected chi connectivity index (χ3v) is 4.08. The third kappa shape index (κ3) is 5.39. The Balaban J connectivity index is 1.98. The number of nitrogens with zero attached hydrogens (tertiary/aromatic N) is 1. The Kier molecular flexibility index (Phi) is 5.47. The van der Waals surface area contributed by atoms with E-state index in [4.69, 9.17) is 4.74 Å². The van der Waals surface area contributed by atoms with Crippen molar-refractivity contribution < 1.29 is 9.53 Å². The van der Waals surface area contributed by atoms with E-state index in [1.165, 1.54) is 5.56 Å². The standard InChI is InChI=1S/C19H28N2O2/c1-14-11-21(12-16-9-7-6-8-10-16)13-17(15(14)2)20-18(22)23-19(3,4)5/h6-10,15,17H,1,11-13H2,2-5H3,(H,20,22). The van der Waals surface area contributed by atoms with Crippen LogP contribution in [0, 0.1) is 5.92 Å². The van der Waals surface area contributed by atoms with Gasteiger partial charge in [-0.2, -0.15) is 0 Å². The number of hydrogen-bond donors (Lipinski definition) is 1. The highest BCUT2D eigenvalue weighted by molar-refractivity contribution is 5.68. The van der Waals surface area contributed by atoms with E-state index in [1.54, 1.807) is 0 Å². The first-order valence-corrected chi connectivity index (χ1v) is 8.18. The Labute approximate surface area is 139 Å². The fourth-order valence-corrected chi connectivity index (χ4v) is 2.81. The fraction of sp³-hybridized carbons (Fsp3) is 0.526. The minimum atomic E-state index is -0.483. The highest BCUT2D eigenvalue weighted by Crippen LogP contribution is 2.23. The van der Waals surface area contributed by atoms with Crippen LogP contribution in [0.4, 0.5) is 4.79 Å². The molecule has 0 radical (unpaired) electrons. The van der Waals surface area contributed by atoms with E-state index in [0.29, 0.717) is 0 Å². The zero-order chi connectivity index (χ0) is 17.0. The zero-order valence-corrected chi connectivity index (χ0v) is 14.6. The summed E-state index contributed by atoms with van der Waals surface area (Å²) < 4.78 is 5.38. The molecule has 2 unspecified atom stereocenters. The van der Waals surface area contributed by atoms with Crippen molar-refractivity contribution in [3.63, 3.8) is 0 Å². The number of alkyl carbamates (subject to hydrolysis) is 1. The summed E-state index contributed by atoms with van der Waals surface area (Å²) in [5.74, 6) is 0.245. The summed E-state index contributed by atoms with van der Waals surface area (Å²) in [6, 6.07) is 10.4. The molecule has 1 aromatic carbocycles. The van der Waals surface area contributed by atoms with Gasteiger partial charge >= 0.3 is 6.09 Å². The van der Waals surface area contributed by atoms with Crippen LogP contribution in [0.1, 0.15) is 33.3 Å². The normalized spacial score (nSPS) is 22.7. The second kappa shape index (κ2) is 7.18.